The van der Waals surface area contributed by atoms with Crippen LogP contribution >= 0.6 is 11.8 Å². The molecule has 4 nitrogen and oxygen atoms in total. The Kier molecular flexibility index (Phi) is 3.91. The van der Waals surface area contributed by atoms with Gasteiger partial charge in [0, 0.05) is 16.7 Å². The van der Waals surface area contributed by atoms with Crippen molar-refractivity contribution in [3.63, 3.8) is 0 Å². The number of alkyl carbamates (subject to hydrolysis) is 1. The maximum atomic E-state index is 10.8. The van der Waals surface area contributed by atoms with E-state index >= 15 is 0 Å². The molecule has 1 aromatic rings. The molecule has 0 saturated carbocycles. The van der Waals surface area contributed by atoms with Crippen molar-refractivity contribution >= 4 is 17.9 Å². The largest absolute Gasteiger partial charge is 0.443 e. The Labute approximate surface area is 105 Å². The minimum atomic E-state index is -0.317. The summed E-state index contributed by atoms with van der Waals surface area (Å²) in [6.07, 6.45) is -0.344. The lowest BCUT2D eigenvalue weighted by Crippen LogP contribution is -2.16. The molecule has 0 radical (unpaired) electrons. The molecular weight excluding hydrogens is 236 g/mol. The van der Waals surface area contributed by atoms with E-state index in [-0.39, 0.29) is 18.2 Å². The van der Waals surface area contributed by atoms with Crippen LogP contribution in [-0.4, -0.2) is 24.5 Å². The van der Waals surface area contributed by atoms with Gasteiger partial charge < -0.3 is 15.8 Å². The third kappa shape index (κ3) is 3.38. The number of nitrogens with two attached hydrogens (primary N) is 1. The fourth-order valence-corrected chi connectivity index (χ4v) is 2.47. The molecule has 1 aliphatic rings. The van der Waals surface area contributed by atoms with Crippen LogP contribution in [0.2, 0.25) is 0 Å². The Morgan fingerprint density at radius 2 is 2.24 bits per heavy atom. The van der Waals surface area contributed by atoms with Gasteiger partial charge in [-0.25, -0.2) is 4.79 Å². The second-order valence-electron chi connectivity index (χ2n) is 4.08. The summed E-state index contributed by atoms with van der Waals surface area (Å²) in [4.78, 5) is 12.0. The van der Waals surface area contributed by atoms with Crippen LogP contribution in [0.3, 0.4) is 0 Å². The molecule has 0 aromatic heterocycles. The Hall–Kier alpha value is -1.20. The average Bonchev–Trinajstić information content (AvgIpc) is 2.73. The van der Waals surface area contributed by atoms with Gasteiger partial charge >= 0.3 is 6.09 Å². The van der Waals surface area contributed by atoms with E-state index in [4.69, 9.17) is 10.5 Å². The van der Waals surface area contributed by atoms with Crippen LogP contribution in [0.25, 0.3) is 0 Å². The van der Waals surface area contributed by atoms with Crippen molar-refractivity contribution in [1.82, 2.24) is 5.32 Å². The van der Waals surface area contributed by atoms with Gasteiger partial charge in [0.15, 0.2) is 0 Å². The highest BCUT2D eigenvalue weighted by Crippen LogP contribution is 2.22. The Morgan fingerprint density at radius 1 is 1.53 bits per heavy atom. The van der Waals surface area contributed by atoms with E-state index in [9.17, 15) is 4.79 Å². The zero-order chi connectivity index (χ0) is 12.3. The summed E-state index contributed by atoms with van der Waals surface area (Å²) in [5.41, 5.74) is 6.91. The number of carbonyl (C=O) groups is 1. The Balaban J connectivity index is 1.85. The Bertz CT molecular complexity index is 392. The molecule has 2 atom stereocenters. The molecule has 2 unspecified atom stereocenters. The number of carbonyl (C=O) groups excluding carboxylic acids is 1. The summed E-state index contributed by atoms with van der Waals surface area (Å²) in [7, 11) is 0. The third-order valence-electron chi connectivity index (χ3n) is 2.59. The van der Waals surface area contributed by atoms with Crippen LogP contribution in [0.15, 0.2) is 29.2 Å². The third-order valence-corrected chi connectivity index (χ3v) is 3.73. The van der Waals surface area contributed by atoms with Crippen LogP contribution < -0.4 is 11.1 Å². The van der Waals surface area contributed by atoms with Crippen molar-refractivity contribution in [2.75, 3.05) is 12.3 Å². The smallest absolute Gasteiger partial charge is 0.407 e. The standard InChI is InChI=1S/C12H16N2O2S/c1-8(13)9-2-4-11(5-3-9)17-7-10-6-14-12(15)16-10/h2-5,8,10H,6-7,13H2,1H3,(H,14,15). The monoisotopic (exact) mass is 252 g/mol. The maximum Gasteiger partial charge on any atom is 0.407 e. The molecular formula is C12H16N2O2S. The molecule has 17 heavy (non-hydrogen) atoms. The van der Waals surface area contributed by atoms with Gasteiger partial charge in [0.25, 0.3) is 0 Å². The zero-order valence-electron chi connectivity index (χ0n) is 9.68. The number of thioether (sulfide) groups is 1. The second-order valence-corrected chi connectivity index (χ2v) is 5.17. The number of cyclic esters (lactones) is 1. The molecule has 2 rings (SSSR count). The van der Waals surface area contributed by atoms with E-state index in [1.807, 2.05) is 31.2 Å². The minimum absolute atomic E-state index is 0.0272. The number of hydrogen-bond acceptors (Lipinski definition) is 4. The molecule has 5 heteroatoms. The molecule has 0 aliphatic carbocycles. The van der Waals surface area contributed by atoms with E-state index in [1.165, 1.54) is 0 Å². The summed E-state index contributed by atoms with van der Waals surface area (Å²) in [6, 6.07) is 8.23. The molecule has 0 bridgehead atoms. The predicted octanol–water partition coefficient (Wildman–Crippen LogP) is 1.91. The second kappa shape index (κ2) is 5.42. The topological polar surface area (TPSA) is 64.3 Å². The predicted molar refractivity (Wildman–Crippen MR) is 68.0 cm³/mol. The van der Waals surface area contributed by atoms with Gasteiger partial charge in [-0.2, -0.15) is 0 Å². The number of nitrogens with one attached hydrogen (secondary N) is 1. The van der Waals surface area contributed by atoms with Gasteiger partial charge in [0.2, 0.25) is 0 Å². The van der Waals surface area contributed by atoms with Gasteiger partial charge in [-0.15, -0.1) is 11.8 Å². The van der Waals surface area contributed by atoms with Crippen molar-refractivity contribution in [2.24, 2.45) is 5.73 Å². The van der Waals surface area contributed by atoms with E-state index < -0.39 is 0 Å². The normalized spacial score (nSPS) is 20.8. The highest BCUT2D eigenvalue weighted by Gasteiger charge is 2.22. The van der Waals surface area contributed by atoms with Gasteiger partial charge in [0.05, 0.1) is 6.54 Å². The fraction of sp³-hybridized carbons (Fsp3) is 0.417. The highest BCUT2D eigenvalue weighted by molar-refractivity contribution is 7.99. The highest BCUT2D eigenvalue weighted by atomic mass is 32.2. The molecule has 3 N–H and O–H groups in total. The molecule has 1 amide bonds. The van der Waals surface area contributed by atoms with Crippen molar-refractivity contribution in [3.8, 4) is 0 Å². The van der Waals surface area contributed by atoms with Gasteiger partial charge in [0.1, 0.15) is 6.10 Å². The first-order valence-corrected chi connectivity index (χ1v) is 6.56. The first kappa shape index (κ1) is 12.3. The molecule has 1 heterocycles. The molecule has 92 valence electrons. The van der Waals surface area contributed by atoms with Gasteiger partial charge in [-0.05, 0) is 24.6 Å². The summed E-state index contributed by atoms with van der Waals surface area (Å²) in [5, 5.41) is 2.64. The van der Waals surface area contributed by atoms with E-state index in [0.717, 1.165) is 16.2 Å². The van der Waals surface area contributed by atoms with Crippen LogP contribution in [0.5, 0.6) is 0 Å². The average molecular weight is 252 g/mol. The SMILES string of the molecule is CC(N)c1ccc(SCC2CNC(=O)O2)cc1. The van der Waals surface area contributed by atoms with Crippen molar-refractivity contribution in [1.29, 1.82) is 0 Å². The quantitative estimate of drug-likeness (QED) is 0.803. The van der Waals surface area contributed by atoms with Crippen LogP contribution in [0.1, 0.15) is 18.5 Å². The number of rotatable bonds is 4. The number of amides is 1. The summed E-state index contributed by atoms with van der Waals surface area (Å²) >= 11 is 1.68. The van der Waals surface area contributed by atoms with Crippen LogP contribution in [-0.2, 0) is 4.74 Å². The van der Waals surface area contributed by atoms with Gasteiger partial charge in [-0.1, -0.05) is 12.1 Å². The van der Waals surface area contributed by atoms with E-state index in [1.54, 1.807) is 11.8 Å². The summed E-state index contributed by atoms with van der Waals surface area (Å²) < 4.78 is 5.05. The lowest BCUT2D eigenvalue weighted by Gasteiger charge is -2.09. The van der Waals surface area contributed by atoms with Crippen LogP contribution in [0, 0.1) is 0 Å². The minimum Gasteiger partial charge on any atom is -0.443 e. The number of hydrogen-bond donors (Lipinski definition) is 2. The first-order valence-electron chi connectivity index (χ1n) is 5.58. The number of benzene rings is 1. The Morgan fingerprint density at radius 3 is 2.76 bits per heavy atom. The van der Waals surface area contributed by atoms with Crippen molar-refractivity contribution in [2.45, 2.75) is 24.0 Å². The van der Waals surface area contributed by atoms with Crippen molar-refractivity contribution in [3.05, 3.63) is 29.8 Å². The van der Waals surface area contributed by atoms with E-state index in [2.05, 4.69) is 5.32 Å². The molecule has 1 fully saturated rings. The number of ether oxygens (including phenoxy) is 1. The van der Waals surface area contributed by atoms with E-state index in [0.29, 0.717) is 6.54 Å². The lowest BCUT2D eigenvalue weighted by atomic mass is 10.1. The molecule has 1 aromatic carbocycles. The molecule has 1 aliphatic heterocycles. The first-order chi connectivity index (χ1) is 8.15. The van der Waals surface area contributed by atoms with Crippen molar-refractivity contribution < 1.29 is 9.53 Å². The fourth-order valence-electron chi connectivity index (χ4n) is 1.58. The zero-order valence-corrected chi connectivity index (χ0v) is 10.5. The van der Waals surface area contributed by atoms with Crippen LogP contribution in [0.4, 0.5) is 4.79 Å². The molecule has 1 saturated heterocycles. The lowest BCUT2D eigenvalue weighted by molar-refractivity contribution is 0.150. The summed E-state index contributed by atoms with van der Waals surface area (Å²) in [6.45, 7) is 2.57. The van der Waals surface area contributed by atoms with Gasteiger partial charge in [-0.3, -0.25) is 0 Å². The maximum absolute atomic E-state index is 10.8. The summed E-state index contributed by atoms with van der Waals surface area (Å²) in [5.74, 6) is 0.774. The molecule has 0 spiro atoms.